The molecule has 1 aliphatic carbocycles. The fraction of sp³-hybridized carbons (Fsp3) is 0.500. The zero-order valence-electron chi connectivity index (χ0n) is 12.3. The standard InChI is InChI=1S/C16H22N2O3/c1-2-4-13(15(19)20)10-17-16(21)18-14-8-7-11-5-3-6-12(11)9-14/h7-9,13H,2-6,10H2,1H3,(H,19,20)(H2,17,18,21). The van der Waals surface area contributed by atoms with E-state index in [4.69, 9.17) is 5.11 Å². The second-order valence-electron chi connectivity index (χ2n) is 5.50. The van der Waals surface area contributed by atoms with Crippen molar-refractivity contribution in [1.29, 1.82) is 0 Å². The van der Waals surface area contributed by atoms with E-state index in [0.29, 0.717) is 6.42 Å². The number of carbonyl (C=O) groups excluding carboxylic acids is 1. The maximum Gasteiger partial charge on any atom is 0.319 e. The number of rotatable bonds is 6. The van der Waals surface area contributed by atoms with Gasteiger partial charge in [-0.25, -0.2) is 4.79 Å². The van der Waals surface area contributed by atoms with Crippen LogP contribution in [0.15, 0.2) is 18.2 Å². The summed E-state index contributed by atoms with van der Waals surface area (Å²) < 4.78 is 0. The van der Waals surface area contributed by atoms with E-state index in [2.05, 4.69) is 16.7 Å². The first-order valence-corrected chi connectivity index (χ1v) is 7.49. The topological polar surface area (TPSA) is 78.4 Å². The van der Waals surface area contributed by atoms with Crippen LogP contribution in [0, 0.1) is 5.92 Å². The van der Waals surface area contributed by atoms with Gasteiger partial charge in [-0.3, -0.25) is 4.79 Å². The van der Waals surface area contributed by atoms with Crippen LogP contribution in [-0.4, -0.2) is 23.7 Å². The molecule has 0 aromatic heterocycles. The first-order valence-electron chi connectivity index (χ1n) is 7.49. The van der Waals surface area contributed by atoms with Gasteiger partial charge in [0.25, 0.3) is 0 Å². The second kappa shape index (κ2) is 7.11. The van der Waals surface area contributed by atoms with Gasteiger partial charge in [0, 0.05) is 12.2 Å². The molecule has 2 rings (SSSR count). The normalized spacial score (nSPS) is 14.3. The Labute approximate surface area is 124 Å². The molecule has 0 spiro atoms. The smallest absolute Gasteiger partial charge is 0.319 e. The number of urea groups is 1. The lowest BCUT2D eigenvalue weighted by Crippen LogP contribution is -2.35. The number of nitrogens with one attached hydrogen (secondary N) is 2. The number of aliphatic carboxylic acids is 1. The van der Waals surface area contributed by atoms with E-state index in [0.717, 1.165) is 24.9 Å². The van der Waals surface area contributed by atoms with Crippen LogP contribution in [0.1, 0.15) is 37.3 Å². The molecule has 1 atom stereocenters. The van der Waals surface area contributed by atoms with Gasteiger partial charge in [-0.05, 0) is 48.9 Å². The summed E-state index contributed by atoms with van der Waals surface area (Å²) in [7, 11) is 0. The minimum atomic E-state index is -0.866. The van der Waals surface area contributed by atoms with Crippen molar-refractivity contribution in [2.24, 2.45) is 5.92 Å². The summed E-state index contributed by atoms with van der Waals surface area (Å²) in [5.41, 5.74) is 3.41. The molecule has 0 saturated heterocycles. The highest BCUT2D eigenvalue weighted by Crippen LogP contribution is 2.24. The molecule has 1 aromatic rings. The quantitative estimate of drug-likeness (QED) is 0.754. The first kappa shape index (κ1) is 15.4. The number of fused-ring (bicyclic) bond motifs is 1. The molecule has 21 heavy (non-hydrogen) atoms. The molecule has 1 unspecified atom stereocenters. The minimum Gasteiger partial charge on any atom is -0.481 e. The lowest BCUT2D eigenvalue weighted by Gasteiger charge is -2.13. The van der Waals surface area contributed by atoms with Gasteiger partial charge in [0.1, 0.15) is 0 Å². The number of anilines is 1. The Morgan fingerprint density at radius 1 is 1.29 bits per heavy atom. The van der Waals surface area contributed by atoms with Crippen LogP contribution in [0.4, 0.5) is 10.5 Å². The third-order valence-corrected chi connectivity index (χ3v) is 3.85. The van der Waals surface area contributed by atoms with E-state index in [1.807, 2.05) is 19.1 Å². The number of hydrogen-bond acceptors (Lipinski definition) is 2. The van der Waals surface area contributed by atoms with Crippen molar-refractivity contribution in [1.82, 2.24) is 5.32 Å². The summed E-state index contributed by atoms with van der Waals surface area (Å²) in [5, 5.41) is 14.4. The molecule has 0 heterocycles. The molecule has 5 nitrogen and oxygen atoms in total. The SMILES string of the molecule is CCCC(CNC(=O)Nc1ccc2c(c1)CCC2)C(=O)O. The van der Waals surface area contributed by atoms with Crippen LogP contribution in [0.2, 0.25) is 0 Å². The number of carboxylic acids is 1. The summed E-state index contributed by atoms with van der Waals surface area (Å²) in [4.78, 5) is 22.8. The lowest BCUT2D eigenvalue weighted by molar-refractivity contribution is -0.141. The highest BCUT2D eigenvalue weighted by atomic mass is 16.4. The molecule has 0 radical (unpaired) electrons. The van der Waals surface area contributed by atoms with Gasteiger partial charge in [0.15, 0.2) is 0 Å². The van der Waals surface area contributed by atoms with Crippen LogP contribution in [0.25, 0.3) is 0 Å². The number of benzene rings is 1. The van der Waals surface area contributed by atoms with Crippen molar-refractivity contribution >= 4 is 17.7 Å². The van der Waals surface area contributed by atoms with E-state index in [9.17, 15) is 9.59 Å². The van der Waals surface area contributed by atoms with Crippen LogP contribution in [-0.2, 0) is 17.6 Å². The maximum absolute atomic E-state index is 11.8. The third kappa shape index (κ3) is 4.21. The van der Waals surface area contributed by atoms with Crippen molar-refractivity contribution in [2.75, 3.05) is 11.9 Å². The maximum atomic E-state index is 11.8. The van der Waals surface area contributed by atoms with Gasteiger partial charge < -0.3 is 15.7 Å². The Bertz CT molecular complexity index is 528. The van der Waals surface area contributed by atoms with Crippen LogP contribution in [0.3, 0.4) is 0 Å². The van der Waals surface area contributed by atoms with E-state index in [-0.39, 0.29) is 12.6 Å². The molecule has 0 saturated carbocycles. The number of carbonyl (C=O) groups is 2. The van der Waals surface area contributed by atoms with Crippen molar-refractivity contribution < 1.29 is 14.7 Å². The fourth-order valence-electron chi connectivity index (χ4n) is 2.70. The molecule has 114 valence electrons. The summed E-state index contributed by atoms with van der Waals surface area (Å²) >= 11 is 0. The zero-order valence-corrected chi connectivity index (χ0v) is 12.3. The molecule has 0 aliphatic heterocycles. The average molecular weight is 290 g/mol. The third-order valence-electron chi connectivity index (χ3n) is 3.85. The minimum absolute atomic E-state index is 0.153. The van der Waals surface area contributed by atoms with E-state index < -0.39 is 11.9 Å². The highest BCUT2D eigenvalue weighted by Gasteiger charge is 2.17. The van der Waals surface area contributed by atoms with Crippen LogP contribution in [0.5, 0.6) is 0 Å². The molecule has 2 amide bonds. The molecule has 0 fully saturated rings. The van der Waals surface area contributed by atoms with Gasteiger partial charge in [-0.2, -0.15) is 0 Å². The van der Waals surface area contributed by atoms with E-state index >= 15 is 0 Å². The Kier molecular flexibility index (Phi) is 5.20. The van der Waals surface area contributed by atoms with Crippen molar-refractivity contribution in [3.63, 3.8) is 0 Å². The van der Waals surface area contributed by atoms with E-state index in [1.54, 1.807) is 0 Å². The van der Waals surface area contributed by atoms with Gasteiger partial charge in [0.2, 0.25) is 0 Å². The van der Waals surface area contributed by atoms with Crippen LogP contribution < -0.4 is 10.6 Å². The number of aryl methyl sites for hydroxylation is 2. The molecule has 0 bridgehead atoms. The summed E-state index contributed by atoms with van der Waals surface area (Å²) in [6.45, 7) is 2.08. The molecular formula is C16H22N2O3. The molecule has 3 N–H and O–H groups in total. The molecular weight excluding hydrogens is 268 g/mol. The fourth-order valence-corrected chi connectivity index (χ4v) is 2.70. The van der Waals surface area contributed by atoms with Gasteiger partial charge in [-0.1, -0.05) is 19.4 Å². The molecule has 5 heteroatoms. The van der Waals surface area contributed by atoms with E-state index in [1.165, 1.54) is 17.5 Å². The largest absolute Gasteiger partial charge is 0.481 e. The van der Waals surface area contributed by atoms with Gasteiger partial charge in [0.05, 0.1) is 5.92 Å². The average Bonchev–Trinajstić information content (AvgIpc) is 2.90. The molecule has 1 aromatic carbocycles. The summed E-state index contributed by atoms with van der Waals surface area (Å²) in [6, 6.07) is 5.60. The number of carboxylic acid groups (broad SMARTS) is 1. The Hall–Kier alpha value is -2.04. The first-order chi connectivity index (χ1) is 10.1. The van der Waals surface area contributed by atoms with Crippen molar-refractivity contribution in [3.05, 3.63) is 29.3 Å². The zero-order chi connectivity index (χ0) is 15.2. The van der Waals surface area contributed by atoms with Crippen molar-refractivity contribution in [3.8, 4) is 0 Å². The summed E-state index contributed by atoms with van der Waals surface area (Å²) in [6.07, 6.45) is 4.69. The van der Waals surface area contributed by atoms with Crippen LogP contribution >= 0.6 is 0 Å². The highest BCUT2D eigenvalue weighted by molar-refractivity contribution is 5.89. The number of hydrogen-bond donors (Lipinski definition) is 3. The number of amides is 2. The predicted molar refractivity (Wildman–Crippen MR) is 81.5 cm³/mol. The van der Waals surface area contributed by atoms with Gasteiger partial charge >= 0.3 is 12.0 Å². The predicted octanol–water partition coefficient (Wildman–Crippen LogP) is 2.80. The Balaban J connectivity index is 1.85. The Morgan fingerprint density at radius 2 is 2.05 bits per heavy atom. The van der Waals surface area contributed by atoms with Gasteiger partial charge in [-0.15, -0.1) is 0 Å². The Morgan fingerprint density at radius 3 is 2.76 bits per heavy atom. The monoisotopic (exact) mass is 290 g/mol. The lowest BCUT2D eigenvalue weighted by atomic mass is 10.0. The van der Waals surface area contributed by atoms with Crippen molar-refractivity contribution in [2.45, 2.75) is 39.0 Å². The molecule has 1 aliphatic rings. The second-order valence-corrected chi connectivity index (χ2v) is 5.50. The summed E-state index contributed by atoms with van der Waals surface area (Å²) in [5.74, 6) is -1.39.